The minimum atomic E-state index is -0.520. The second kappa shape index (κ2) is 11.3. The van der Waals surface area contributed by atoms with Gasteiger partial charge in [-0.1, -0.05) is 49.7 Å². The summed E-state index contributed by atoms with van der Waals surface area (Å²) in [4.78, 5) is 31.9. The Morgan fingerprint density at radius 2 is 1.54 bits per heavy atom. The number of carbonyl (C=O) groups is 2. The van der Waals surface area contributed by atoms with Crippen LogP contribution in [-0.2, 0) is 0 Å². The maximum Gasteiger partial charge on any atom is 0.320 e. The maximum absolute atomic E-state index is 15.0. The van der Waals surface area contributed by atoms with Crippen molar-refractivity contribution >= 4 is 11.9 Å². The lowest BCUT2D eigenvalue weighted by molar-refractivity contribution is 0.0730. The van der Waals surface area contributed by atoms with Crippen molar-refractivity contribution in [2.24, 2.45) is 5.41 Å². The van der Waals surface area contributed by atoms with Gasteiger partial charge in [-0.25, -0.2) is 9.18 Å². The molecule has 2 atom stereocenters. The van der Waals surface area contributed by atoms with Gasteiger partial charge in [0.25, 0.3) is 5.91 Å². The van der Waals surface area contributed by atoms with Crippen LogP contribution in [0, 0.1) is 18.2 Å². The van der Waals surface area contributed by atoms with Crippen LogP contribution in [0.4, 0.5) is 9.18 Å². The number of rotatable bonds is 5. The van der Waals surface area contributed by atoms with Gasteiger partial charge in [0.15, 0.2) is 0 Å². The molecular weight excluding hydrogens is 491 g/mol. The van der Waals surface area contributed by atoms with E-state index in [1.54, 1.807) is 24.1 Å². The topological polar surface area (TPSA) is 55.9 Å². The lowest BCUT2D eigenvalue weighted by Gasteiger charge is -2.36. The largest absolute Gasteiger partial charge is 0.337 e. The molecule has 0 bridgehead atoms. The second-order valence-electron chi connectivity index (χ2n) is 12.7. The van der Waals surface area contributed by atoms with Crippen molar-refractivity contribution < 1.29 is 14.0 Å². The van der Waals surface area contributed by atoms with Gasteiger partial charge in [0.05, 0.1) is 11.6 Å². The van der Waals surface area contributed by atoms with Crippen LogP contribution >= 0.6 is 0 Å². The van der Waals surface area contributed by atoms with Crippen LogP contribution in [0.3, 0.4) is 0 Å². The summed E-state index contributed by atoms with van der Waals surface area (Å²) in [6, 6.07) is 13.5. The molecular formula is C32H43FN4O2. The summed E-state index contributed by atoms with van der Waals surface area (Å²) in [6.45, 7) is 9.32. The summed E-state index contributed by atoms with van der Waals surface area (Å²) in [5, 5.41) is 3.81. The van der Waals surface area contributed by atoms with Gasteiger partial charge in [-0.15, -0.1) is 0 Å². The summed E-state index contributed by atoms with van der Waals surface area (Å²) in [7, 11) is 1.72. The molecule has 3 fully saturated rings. The number of nitrogens with one attached hydrogen (secondary N) is 1. The molecule has 210 valence electrons. The van der Waals surface area contributed by atoms with E-state index in [1.807, 2.05) is 41.0 Å². The predicted octanol–water partition coefficient (Wildman–Crippen LogP) is 5.70. The summed E-state index contributed by atoms with van der Waals surface area (Å²) >= 11 is 0. The minimum absolute atomic E-state index is 0.0565. The zero-order chi connectivity index (χ0) is 27.7. The van der Waals surface area contributed by atoms with Crippen molar-refractivity contribution in [3.8, 4) is 11.1 Å². The predicted molar refractivity (Wildman–Crippen MR) is 153 cm³/mol. The zero-order valence-corrected chi connectivity index (χ0v) is 23.9. The molecule has 0 aromatic heterocycles. The van der Waals surface area contributed by atoms with Gasteiger partial charge in [-0.3, -0.25) is 4.79 Å². The second-order valence-corrected chi connectivity index (χ2v) is 12.7. The first kappa shape index (κ1) is 27.6. The molecule has 0 unspecified atom stereocenters. The Bertz CT molecular complexity index is 1190. The fourth-order valence-electron chi connectivity index (χ4n) is 6.37. The Morgan fingerprint density at radius 1 is 0.897 bits per heavy atom. The van der Waals surface area contributed by atoms with Gasteiger partial charge in [-0.05, 0) is 74.1 Å². The molecule has 3 aliphatic rings. The van der Waals surface area contributed by atoms with Crippen molar-refractivity contribution in [3.05, 3.63) is 59.4 Å². The number of halogens is 1. The average molecular weight is 535 g/mol. The van der Waals surface area contributed by atoms with Gasteiger partial charge in [-0.2, -0.15) is 0 Å². The summed E-state index contributed by atoms with van der Waals surface area (Å²) in [5.74, 6) is -0.864. The van der Waals surface area contributed by atoms with Gasteiger partial charge in [0.1, 0.15) is 5.82 Å². The summed E-state index contributed by atoms with van der Waals surface area (Å²) < 4.78 is 15.0. The van der Waals surface area contributed by atoms with E-state index in [0.29, 0.717) is 37.0 Å². The fraction of sp³-hybridized carbons (Fsp3) is 0.562. The third-order valence-corrected chi connectivity index (χ3v) is 9.16. The van der Waals surface area contributed by atoms with Crippen molar-refractivity contribution in [1.29, 1.82) is 0 Å². The Balaban J connectivity index is 1.13. The molecule has 2 aromatic rings. The Kier molecular flexibility index (Phi) is 7.99. The first-order valence-electron chi connectivity index (χ1n) is 14.5. The molecule has 1 N–H and O–H groups in total. The normalized spacial score (nSPS) is 23.3. The summed E-state index contributed by atoms with van der Waals surface area (Å²) in [5.41, 5.74) is 3.32. The van der Waals surface area contributed by atoms with Crippen LogP contribution in [0.25, 0.3) is 11.1 Å². The van der Waals surface area contributed by atoms with Crippen molar-refractivity contribution in [3.63, 3.8) is 0 Å². The van der Waals surface area contributed by atoms with Crippen LogP contribution in [0.15, 0.2) is 42.5 Å². The molecule has 2 saturated heterocycles. The maximum atomic E-state index is 15.0. The molecule has 3 amide bonds. The molecule has 39 heavy (non-hydrogen) atoms. The Hall–Kier alpha value is -2.93. The number of amides is 3. The van der Waals surface area contributed by atoms with Crippen LogP contribution in [0.5, 0.6) is 0 Å². The standard InChI is InChI=1S/C32H43FN4O2/c1-22-5-7-23(8-6-22)24-9-10-28(29(33)19-24)30(38)35(4)27-14-18-37(21-27)31(39)36-17-13-26(20-36)34-25-11-15-32(2,3)16-12-25/h5-10,19,25-27,34H,11-18,20-21H2,1-4H3/t26-,27+/m1/s1. The minimum Gasteiger partial charge on any atom is -0.337 e. The average Bonchev–Trinajstić information content (AvgIpc) is 3.59. The summed E-state index contributed by atoms with van der Waals surface area (Å²) in [6.07, 6.45) is 6.61. The molecule has 7 heteroatoms. The van der Waals surface area contributed by atoms with Crippen molar-refractivity contribution in [2.45, 2.75) is 77.4 Å². The molecule has 2 aliphatic heterocycles. The van der Waals surface area contributed by atoms with Crippen molar-refractivity contribution in [1.82, 2.24) is 20.0 Å². The molecule has 6 nitrogen and oxygen atoms in total. The first-order valence-corrected chi connectivity index (χ1v) is 14.5. The number of nitrogens with zero attached hydrogens (tertiary/aromatic N) is 3. The molecule has 1 saturated carbocycles. The zero-order valence-electron chi connectivity index (χ0n) is 23.9. The quantitative estimate of drug-likeness (QED) is 0.535. The van der Waals surface area contributed by atoms with E-state index in [4.69, 9.17) is 0 Å². The molecule has 1 aliphatic carbocycles. The van der Waals surface area contributed by atoms with E-state index < -0.39 is 5.82 Å². The third kappa shape index (κ3) is 6.29. The highest BCUT2D eigenvalue weighted by Gasteiger charge is 2.37. The molecule has 0 spiro atoms. The van der Waals surface area contributed by atoms with E-state index in [-0.39, 0.29) is 23.5 Å². The molecule has 0 radical (unpaired) electrons. The highest BCUT2D eigenvalue weighted by atomic mass is 19.1. The number of carbonyl (C=O) groups excluding carboxylic acids is 2. The van der Waals surface area contributed by atoms with E-state index in [2.05, 4.69) is 19.2 Å². The SMILES string of the molecule is Cc1ccc(-c2ccc(C(=O)N(C)[C@H]3CCN(C(=O)N4CC[C@@H](NC5CCC(C)(C)CC5)C4)C3)c(F)c2)cc1. The number of hydrogen-bond donors (Lipinski definition) is 1. The van der Waals surface area contributed by atoms with E-state index in [1.165, 1.54) is 31.7 Å². The van der Waals surface area contributed by atoms with Crippen LogP contribution in [0.1, 0.15) is 68.3 Å². The van der Waals surface area contributed by atoms with Crippen LogP contribution in [-0.4, -0.2) is 78.0 Å². The number of urea groups is 1. The monoisotopic (exact) mass is 534 g/mol. The highest BCUT2D eigenvalue weighted by Crippen LogP contribution is 2.35. The number of aryl methyl sites for hydroxylation is 1. The Morgan fingerprint density at radius 3 is 2.23 bits per heavy atom. The lowest BCUT2D eigenvalue weighted by atomic mass is 9.75. The van der Waals surface area contributed by atoms with Gasteiger partial charge < -0.3 is 20.0 Å². The lowest BCUT2D eigenvalue weighted by Crippen LogP contribution is -2.46. The van der Waals surface area contributed by atoms with E-state index in [0.717, 1.165) is 36.2 Å². The molecule has 2 heterocycles. The highest BCUT2D eigenvalue weighted by molar-refractivity contribution is 5.95. The van der Waals surface area contributed by atoms with Crippen molar-refractivity contribution in [2.75, 3.05) is 33.2 Å². The fourth-order valence-corrected chi connectivity index (χ4v) is 6.37. The number of likely N-dealkylation sites (tertiary alicyclic amines) is 2. The van der Waals surface area contributed by atoms with Crippen LogP contribution in [0.2, 0.25) is 0 Å². The molecule has 2 aromatic carbocycles. The Labute approximate surface area is 232 Å². The van der Waals surface area contributed by atoms with Crippen LogP contribution < -0.4 is 5.32 Å². The van der Waals surface area contributed by atoms with E-state index >= 15 is 4.39 Å². The number of hydrogen-bond acceptors (Lipinski definition) is 3. The first-order chi connectivity index (χ1) is 18.6. The number of benzene rings is 2. The smallest absolute Gasteiger partial charge is 0.320 e. The van der Waals surface area contributed by atoms with Gasteiger partial charge in [0.2, 0.25) is 0 Å². The van der Waals surface area contributed by atoms with Gasteiger partial charge >= 0.3 is 6.03 Å². The van der Waals surface area contributed by atoms with Gasteiger partial charge in [0, 0.05) is 45.3 Å². The number of likely N-dealkylation sites (N-methyl/N-ethyl adjacent to an activating group) is 1. The van der Waals surface area contributed by atoms with E-state index in [9.17, 15) is 9.59 Å². The third-order valence-electron chi connectivity index (χ3n) is 9.16. The molecule has 5 rings (SSSR count).